The molecule has 2 aromatic carbocycles. The molecule has 0 saturated carbocycles. The molecule has 9 nitrogen and oxygen atoms in total. The Kier molecular flexibility index (Phi) is 5.64. The third-order valence-electron chi connectivity index (χ3n) is 8.55. The molecule has 3 atom stereocenters. The molecule has 0 N–H and O–H groups in total. The SMILES string of the molecule is CC1c2c(ncc3c(N4CC5CCC(C4)N5C(=O)OC(C)(C)C)nc(S(C)(=O)=O)nc23)-c2cccc3cccc1c23. The van der Waals surface area contributed by atoms with Crippen molar-refractivity contribution in [3.05, 3.63) is 53.7 Å². The van der Waals surface area contributed by atoms with Crippen LogP contribution in [0.2, 0.25) is 0 Å². The Morgan fingerprint density at radius 2 is 1.71 bits per heavy atom. The highest BCUT2D eigenvalue weighted by Gasteiger charge is 2.45. The molecule has 2 saturated heterocycles. The van der Waals surface area contributed by atoms with Crippen molar-refractivity contribution < 1.29 is 17.9 Å². The molecule has 1 amide bonds. The van der Waals surface area contributed by atoms with Crippen LogP contribution >= 0.6 is 0 Å². The van der Waals surface area contributed by atoms with Gasteiger partial charge < -0.3 is 9.64 Å². The van der Waals surface area contributed by atoms with Gasteiger partial charge in [-0.3, -0.25) is 9.88 Å². The van der Waals surface area contributed by atoms with Gasteiger partial charge in [-0.05, 0) is 49.9 Å². The highest BCUT2D eigenvalue weighted by Crippen LogP contribution is 2.47. The van der Waals surface area contributed by atoms with Gasteiger partial charge in [0.15, 0.2) is 0 Å². The summed E-state index contributed by atoms with van der Waals surface area (Å²) in [7, 11) is -3.71. The molecule has 3 aliphatic rings. The number of carbonyl (C=O) groups excluding carboxylic acids is 1. The first-order valence-corrected chi connectivity index (χ1v) is 16.0. The second-order valence-corrected chi connectivity index (χ2v) is 14.4. The Morgan fingerprint density at radius 1 is 1.02 bits per heavy atom. The number of rotatable bonds is 2. The largest absolute Gasteiger partial charge is 0.444 e. The highest BCUT2D eigenvalue weighted by molar-refractivity contribution is 7.90. The summed E-state index contributed by atoms with van der Waals surface area (Å²) < 4.78 is 31.5. The van der Waals surface area contributed by atoms with Crippen LogP contribution in [-0.4, -0.2) is 71.4 Å². The van der Waals surface area contributed by atoms with Crippen LogP contribution in [0.25, 0.3) is 32.9 Å². The van der Waals surface area contributed by atoms with Crippen molar-refractivity contribution in [3.8, 4) is 11.3 Å². The molecule has 41 heavy (non-hydrogen) atoms. The fourth-order valence-corrected chi connectivity index (χ4v) is 7.39. The molecule has 2 aliphatic heterocycles. The maximum absolute atomic E-state index is 13.1. The number of pyridine rings is 1. The third-order valence-corrected chi connectivity index (χ3v) is 9.39. The summed E-state index contributed by atoms with van der Waals surface area (Å²) in [5.41, 5.74) is 3.97. The zero-order valence-corrected chi connectivity index (χ0v) is 24.7. The molecule has 0 radical (unpaired) electrons. The Hall–Kier alpha value is -3.79. The quantitative estimate of drug-likeness (QED) is 0.299. The van der Waals surface area contributed by atoms with Gasteiger partial charge in [0.25, 0.3) is 0 Å². The Labute approximate surface area is 239 Å². The van der Waals surface area contributed by atoms with E-state index in [0.29, 0.717) is 24.4 Å². The molecule has 4 aromatic rings. The molecule has 0 spiro atoms. The van der Waals surface area contributed by atoms with E-state index in [-0.39, 0.29) is 29.3 Å². The van der Waals surface area contributed by atoms with Crippen LogP contribution < -0.4 is 4.90 Å². The minimum Gasteiger partial charge on any atom is -0.444 e. The van der Waals surface area contributed by atoms with Gasteiger partial charge in [-0.15, -0.1) is 0 Å². The van der Waals surface area contributed by atoms with E-state index in [0.717, 1.165) is 46.7 Å². The minimum atomic E-state index is -3.71. The van der Waals surface area contributed by atoms with E-state index in [1.807, 2.05) is 31.7 Å². The Morgan fingerprint density at radius 3 is 2.37 bits per heavy atom. The smallest absolute Gasteiger partial charge is 0.410 e. The van der Waals surface area contributed by atoms with Crippen molar-refractivity contribution in [2.75, 3.05) is 24.2 Å². The van der Waals surface area contributed by atoms with Crippen molar-refractivity contribution in [1.29, 1.82) is 0 Å². The van der Waals surface area contributed by atoms with Crippen molar-refractivity contribution in [1.82, 2.24) is 19.9 Å². The van der Waals surface area contributed by atoms with Crippen LogP contribution in [0.5, 0.6) is 0 Å². The molecule has 2 bridgehead atoms. The average molecular weight is 572 g/mol. The molecule has 7 rings (SSSR count). The first kappa shape index (κ1) is 26.1. The highest BCUT2D eigenvalue weighted by atomic mass is 32.2. The minimum absolute atomic E-state index is 0.0462. The summed E-state index contributed by atoms with van der Waals surface area (Å²) >= 11 is 0. The van der Waals surface area contributed by atoms with E-state index < -0.39 is 15.4 Å². The van der Waals surface area contributed by atoms with Gasteiger partial charge in [-0.2, -0.15) is 0 Å². The number of anilines is 1. The van der Waals surface area contributed by atoms with Gasteiger partial charge in [0.1, 0.15) is 11.4 Å². The number of hydrogen-bond donors (Lipinski definition) is 0. The maximum atomic E-state index is 13.1. The molecule has 10 heteroatoms. The Balaban J connectivity index is 1.38. The summed E-state index contributed by atoms with van der Waals surface area (Å²) in [6.45, 7) is 8.80. The lowest BCUT2D eigenvalue weighted by atomic mass is 9.79. The second kappa shape index (κ2) is 8.85. The van der Waals surface area contributed by atoms with E-state index in [9.17, 15) is 13.2 Å². The fourth-order valence-electron chi connectivity index (χ4n) is 6.88. The first-order chi connectivity index (χ1) is 19.4. The van der Waals surface area contributed by atoms with Crippen LogP contribution in [0, 0.1) is 0 Å². The predicted molar refractivity (Wildman–Crippen MR) is 158 cm³/mol. The summed E-state index contributed by atoms with van der Waals surface area (Å²) in [6, 6.07) is 12.4. The average Bonchev–Trinajstić information content (AvgIpc) is 3.18. The number of sulfone groups is 1. The lowest BCUT2D eigenvalue weighted by Crippen LogP contribution is -2.57. The van der Waals surface area contributed by atoms with E-state index >= 15 is 0 Å². The van der Waals surface area contributed by atoms with E-state index in [2.05, 4.69) is 52.1 Å². The summed E-state index contributed by atoms with van der Waals surface area (Å²) in [5.74, 6) is 0.505. The van der Waals surface area contributed by atoms with Crippen LogP contribution in [0.15, 0.2) is 47.8 Å². The molecular weight excluding hydrogens is 538 g/mol. The van der Waals surface area contributed by atoms with E-state index in [4.69, 9.17) is 9.72 Å². The van der Waals surface area contributed by atoms with Gasteiger partial charge in [0.2, 0.25) is 15.0 Å². The number of aromatic nitrogens is 3. The predicted octanol–water partition coefficient (Wildman–Crippen LogP) is 5.30. The number of piperazine rings is 1. The zero-order valence-electron chi connectivity index (χ0n) is 23.9. The fraction of sp³-hybridized carbons (Fsp3) is 0.419. The van der Waals surface area contributed by atoms with Gasteiger partial charge in [0, 0.05) is 42.6 Å². The summed E-state index contributed by atoms with van der Waals surface area (Å²) in [6.07, 6.45) is 4.35. The number of carbonyl (C=O) groups is 1. The molecule has 212 valence electrons. The van der Waals surface area contributed by atoms with Gasteiger partial charge in [0.05, 0.1) is 28.7 Å². The summed E-state index contributed by atoms with van der Waals surface area (Å²) in [4.78, 5) is 31.3. The number of hydrogen-bond acceptors (Lipinski definition) is 8. The lowest BCUT2D eigenvalue weighted by molar-refractivity contribution is 0.0123. The van der Waals surface area contributed by atoms with Crippen molar-refractivity contribution >= 4 is 43.4 Å². The molecule has 1 aliphatic carbocycles. The number of nitrogens with zero attached hydrogens (tertiary/aromatic N) is 5. The number of amides is 1. The van der Waals surface area contributed by atoms with Crippen LogP contribution in [0.1, 0.15) is 57.6 Å². The van der Waals surface area contributed by atoms with Gasteiger partial charge in [-0.25, -0.2) is 23.2 Å². The second-order valence-electron chi connectivity index (χ2n) is 12.5. The number of ether oxygens (including phenoxy) is 1. The molecule has 3 unspecified atom stereocenters. The summed E-state index contributed by atoms with van der Waals surface area (Å²) in [5, 5.41) is 2.85. The van der Waals surface area contributed by atoms with Crippen molar-refractivity contribution in [3.63, 3.8) is 0 Å². The monoisotopic (exact) mass is 571 g/mol. The normalized spacial score (nSPS) is 21.8. The lowest BCUT2D eigenvalue weighted by Gasteiger charge is -2.42. The standard InChI is InChI=1S/C31H33N5O4S/c1-17-21-10-6-8-18-9-7-11-22(25(18)21)26-24(17)27-23(14-32-26)28(34-29(33-27)41(5,38)39)35-15-19-12-13-20(16-35)36(19)30(37)40-31(2,3)4/h6-11,14,17,19-20H,12-13,15-16H2,1-5H3. The van der Waals surface area contributed by atoms with Crippen LogP contribution in [0.3, 0.4) is 0 Å². The third kappa shape index (κ3) is 4.14. The maximum Gasteiger partial charge on any atom is 0.410 e. The first-order valence-electron chi connectivity index (χ1n) is 14.1. The van der Waals surface area contributed by atoms with Crippen molar-refractivity contribution in [2.24, 2.45) is 0 Å². The molecule has 2 fully saturated rings. The van der Waals surface area contributed by atoms with Crippen molar-refractivity contribution in [2.45, 2.75) is 69.3 Å². The number of benzene rings is 2. The number of fused-ring (bicyclic) bond motifs is 6. The molecule has 2 aromatic heterocycles. The van der Waals surface area contributed by atoms with E-state index in [1.165, 1.54) is 10.9 Å². The van der Waals surface area contributed by atoms with Crippen LogP contribution in [-0.2, 0) is 14.6 Å². The van der Waals surface area contributed by atoms with E-state index in [1.54, 1.807) is 6.20 Å². The molecule has 4 heterocycles. The molecular formula is C31H33N5O4S. The van der Waals surface area contributed by atoms with Gasteiger partial charge in [-0.1, -0.05) is 43.3 Å². The Bertz CT molecular complexity index is 1850. The van der Waals surface area contributed by atoms with Crippen LogP contribution in [0.4, 0.5) is 10.6 Å². The zero-order chi connectivity index (χ0) is 28.8. The topological polar surface area (TPSA) is 106 Å². The van der Waals surface area contributed by atoms with Gasteiger partial charge >= 0.3 is 6.09 Å².